The zero-order valence-corrected chi connectivity index (χ0v) is 12.7. The Hall–Kier alpha value is -2.01. The molecule has 0 bridgehead atoms. The summed E-state index contributed by atoms with van der Waals surface area (Å²) in [5, 5.41) is 0. The van der Waals surface area contributed by atoms with Crippen molar-refractivity contribution in [2.24, 2.45) is 0 Å². The zero-order chi connectivity index (χ0) is 14.7. The normalized spacial score (nSPS) is 16.2. The van der Waals surface area contributed by atoms with Gasteiger partial charge in [0.05, 0.1) is 0 Å². The van der Waals surface area contributed by atoms with Crippen molar-refractivity contribution in [2.75, 3.05) is 31.1 Å². The van der Waals surface area contributed by atoms with Gasteiger partial charge in [-0.1, -0.05) is 6.07 Å². The molecular formula is C16H21N5. The van der Waals surface area contributed by atoms with Crippen molar-refractivity contribution in [1.29, 1.82) is 0 Å². The zero-order valence-electron chi connectivity index (χ0n) is 12.7. The van der Waals surface area contributed by atoms with E-state index in [1.54, 1.807) is 0 Å². The molecule has 110 valence electrons. The average Bonchev–Trinajstić information content (AvgIpc) is 2.48. The van der Waals surface area contributed by atoms with Gasteiger partial charge in [-0.05, 0) is 31.5 Å². The van der Waals surface area contributed by atoms with Crippen LogP contribution >= 0.6 is 0 Å². The molecule has 1 aliphatic heterocycles. The van der Waals surface area contributed by atoms with Gasteiger partial charge in [0.2, 0.25) is 5.95 Å². The molecule has 0 aliphatic carbocycles. The fourth-order valence-electron chi connectivity index (χ4n) is 2.70. The molecule has 5 nitrogen and oxygen atoms in total. The number of nitrogens with zero attached hydrogens (tertiary/aromatic N) is 5. The largest absolute Gasteiger partial charge is 0.338 e. The number of hydrogen-bond acceptors (Lipinski definition) is 5. The van der Waals surface area contributed by atoms with E-state index in [-0.39, 0.29) is 0 Å². The number of rotatable bonds is 3. The second kappa shape index (κ2) is 6.18. The van der Waals surface area contributed by atoms with E-state index in [9.17, 15) is 0 Å². The smallest absolute Gasteiger partial charge is 0.225 e. The monoisotopic (exact) mass is 283 g/mol. The van der Waals surface area contributed by atoms with Crippen LogP contribution in [0.3, 0.4) is 0 Å². The van der Waals surface area contributed by atoms with Crippen molar-refractivity contribution >= 4 is 5.95 Å². The maximum Gasteiger partial charge on any atom is 0.225 e. The second-order valence-corrected chi connectivity index (χ2v) is 5.58. The number of anilines is 1. The van der Waals surface area contributed by atoms with Crippen molar-refractivity contribution in [3.8, 4) is 0 Å². The van der Waals surface area contributed by atoms with Crippen LogP contribution in [-0.2, 0) is 6.54 Å². The maximum absolute atomic E-state index is 4.55. The van der Waals surface area contributed by atoms with E-state index >= 15 is 0 Å². The minimum absolute atomic E-state index is 0.869. The molecule has 5 heteroatoms. The van der Waals surface area contributed by atoms with Gasteiger partial charge in [0, 0.05) is 56.5 Å². The highest BCUT2D eigenvalue weighted by Gasteiger charge is 2.19. The lowest BCUT2D eigenvalue weighted by molar-refractivity contribution is 0.248. The Morgan fingerprint density at radius 2 is 1.76 bits per heavy atom. The average molecular weight is 283 g/mol. The third-order valence-corrected chi connectivity index (χ3v) is 3.75. The third-order valence-electron chi connectivity index (χ3n) is 3.75. The highest BCUT2D eigenvalue weighted by molar-refractivity contribution is 5.33. The molecule has 0 atom stereocenters. The van der Waals surface area contributed by atoms with Gasteiger partial charge in [-0.15, -0.1) is 0 Å². The maximum atomic E-state index is 4.55. The summed E-state index contributed by atoms with van der Waals surface area (Å²) in [5.74, 6) is 0.869. The molecule has 1 fully saturated rings. The summed E-state index contributed by atoms with van der Waals surface area (Å²) in [6.45, 7) is 9.03. The minimum Gasteiger partial charge on any atom is -0.338 e. The van der Waals surface area contributed by atoms with Gasteiger partial charge in [0.15, 0.2) is 0 Å². The summed E-state index contributed by atoms with van der Waals surface area (Å²) in [7, 11) is 0. The molecule has 21 heavy (non-hydrogen) atoms. The van der Waals surface area contributed by atoms with Crippen LogP contribution in [0.5, 0.6) is 0 Å². The lowest BCUT2D eigenvalue weighted by Gasteiger charge is -2.34. The Kier molecular flexibility index (Phi) is 4.10. The minimum atomic E-state index is 0.869. The van der Waals surface area contributed by atoms with Gasteiger partial charge < -0.3 is 4.90 Å². The van der Waals surface area contributed by atoms with Gasteiger partial charge in [-0.2, -0.15) is 0 Å². The van der Waals surface area contributed by atoms with Gasteiger partial charge in [-0.25, -0.2) is 9.97 Å². The molecule has 0 spiro atoms. The summed E-state index contributed by atoms with van der Waals surface area (Å²) >= 11 is 0. The topological polar surface area (TPSA) is 45.2 Å². The molecule has 0 radical (unpaired) electrons. The van der Waals surface area contributed by atoms with Gasteiger partial charge in [0.1, 0.15) is 0 Å². The van der Waals surface area contributed by atoms with Crippen LogP contribution in [-0.4, -0.2) is 46.0 Å². The van der Waals surface area contributed by atoms with Crippen LogP contribution in [0.4, 0.5) is 5.95 Å². The molecule has 3 rings (SSSR count). The number of aromatic nitrogens is 3. The molecule has 0 unspecified atom stereocenters. The van der Waals surface area contributed by atoms with E-state index in [4.69, 9.17) is 0 Å². The van der Waals surface area contributed by atoms with E-state index in [0.717, 1.165) is 50.1 Å². The van der Waals surface area contributed by atoms with E-state index < -0.39 is 0 Å². The number of pyridine rings is 1. The lowest BCUT2D eigenvalue weighted by Crippen LogP contribution is -2.46. The third kappa shape index (κ3) is 3.55. The van der Waals surface area contributed by atoms with Crippen molar-refractivity contribution < 1.29 is 0 Å². The second-order valence-electron chi connectivity index (χ2n) is 5.58. The highest BCUT2D eigenvalue weighted by Crippen LogP contribution is 2.14. The molecule has 2 aromatic heterocycles. The lowest BCUT2D eigenvalue weighted by atomic mass is 10.2. The summed E-state index contributed by atoms with van der Waals surface area (Å²) < 4.78 is 0. The van der Waals surface area contributed by atoms with E-state index in [1.165, 1.54) is 5.56 Å². The molecule has 1 saturated heterocycles. The quantitative estimate of drug-likeness (QED) is 0.859. The predicted octanol–water partition coefficient (Wildman–Crippen LogP) is 1.81. The Morgan fingerprint density at radius 3 is 2.38 bits per heavy atom. The van der Waals surface area contributed by atoms with Crippen LogP contribution in [0.15, 0.2) is 30.6 Å². The van der Waals surface area contributed by atoms with Crippen molar-refractivity contribution in [3.05, 3.63) is 47.5 Å². The summed E-state index contributed by atoms with van der Waals surface area (Å²) in [5.41, 5.74) is 3.35. The standard InChI is InChI=1S/C16H21N5/c1-13-10-14(2)19-16(18-13)21-8-6-20(7-9-21)12-15-4-3-5-17-11-15/h3-5,10-11H,6-9,12H2,1-2H3. The molecule has 0 saturated carbocycles. The van der Waals surface area contributed by atoms with Crippen LogP contribution in [0.1, 0.15) is 17.0 Å². The van der Waals surface area contributed by atoms with Crippen LogP contribution in [0.2, 0.25) is 0 Å². The van der Waals surface area contributed by atoms with Gasteiger partial charge in [-0.3, -0.25) is 9.88 Å². The first kappa shape index (κ1) is 13.9. The number of aryl methyl sites for hydroxylation is 2. The number of piperazine rings is 1. The van der Waals surface area contributed by atoms with Crippen molar-refractivity contribution in [1.82, 2.24) is 19.9 Å². The molecule has 0 N–H and O–H groups in total. The van der Waals surface area contributed by atoms with Crippen LogP contribution in [0, 0.1) is 13.8 Å². The highest BCUT2D eigenvalue weighted by atomic mass is 15.3. The molecule has 2 aromatic rings. The summed E-state index contributed by atoms with van der Waals surface area (Å²) in [6, 6.07) is 6.14. The fourth-order valence-corrected chi connectivity index (χ4v) is 2.70. The SMILES string of the molecule is Cc1cc(C)nc(N2CCN(Cc3cccnc3)CC2)n1. The number of hydrogen-bond donors (Lipinski definition) is 0. The first-order chi connectivity index (χ1) is 10.2. The van der Waals surface area contributed by atoms with E-state index in [0.29, 0.717) is 0 Å². The molecular weight excluding hydrogens is 262 g/mol. The summed E-state index contributed by atoms with van der Waals surface area (Å²) in [6.07, 6.45) is 3.76. The van der Waals surface area contributed by atoms with E-state index in [2.05, 4.69) is 30.8 Å². The molecule has 1 aliphatic rings. The Balaban J connectivity index is 1.60. The first-order valence-corrected chi connectivity index (χ1v) is 7.39. The first-order valence-electron chi connectivity index (χ1n) is 7.39. The van der Waals surface area contributed by atoms with Crippen LogP contribution < -0.4 is 4.90 Å². The Morgan fingerprint density at radius 1 is 1.05 bits per heavy atom. The summed E-state index contributed by atoms with van der Waals surface area (Å²) in [4.78, 5) is 18.0. The predicted molar refractivity (Wildman–Crippen MR) is 83.2 cm³/mol. The molecule has 0 aromatic carbocycles. The van der Waals surface area contributed by atoms with Crippen LogP contribution in [0.25, 0.3) is 0 Å². The van der Waals surface area contributed by atoms with E-state index in [1.807, 2.05) is 38.4 Å². The van der Waals surface area contributed by atoms with Crippen molar-refractivity contribution in [3.63, 3.8) is 0 Å². The molecule has 3 heterocycles. The van der Waals surface area contributed by atoms with Gasteiger partial charge >= 0.3 is 0 Å². The van der Waals surface area contributed by atoms with Gasteiger partial charge in [0.25, 0.3) is 0 Å². The fraction of sp³-hybridized carbons (Fsp3) is 0.438. The Bertz CT molecular complexity index is 571. The Labute approximate surface area is 125 Å². The molecule has 0 amide bonds. The van der Waals surface area contributed by atoms with Crippen molar-refractivity contribution in [2.45, 2.75) is 20.4 Å².